The van der Waals surface area contributed by atoms with Crippen LogP contribution in [0.3, 0.4) is 0 Å². The number of ether oxygens (including phenoxy) is 2. The van der Waals surface area contributed by atoms with Gasteiger partial charge < -0.3 is 9.47 Å². The molecule has 148 valence electrons. The van der Waals surface area contributed by atoms with Gasteiger partial charge in [-0.25, -0.2) is 14.6 Å². The summed E-state index contributed by atoms with van der Waals surface area (Å²) < 4.78 is 10.1. The predicted molar refractivity (Wildman–Crippen MR) is 105 cm³/mol. The average molecular weight is 394 g/mol. The highest BCUT2D eigenvalue weighted by atomic mass is 16.6. The molecular formula is C21H18N2O6. The SMILES string of the molecule is COC(=O)c1c(COC(=O)c2cccc(C)c2[N+](=O)[O-])nc2ccccc2c1C. The number of pyridine rings is 1. The molecule has 1 heterocycles. The lowest BCUT2D eigenvalue weighted by molar-refractivity contribution is -0.385. The van der Waals surface area contributed by atoms with E-state index in [1.807, 2.05) is 12.1 Å². The van der Waals surface area contributed by atoms with Crippen LogP contribution < -0.4 is 0 Å². The highest BCUT2D eigenvalue weighted by Crippen LogP contribution is 2.26. The van der Waals surface area contributed by atoms with Gasteiger partial charge >= 0.3 is 11.9 Å². The quantitative estimate of drug-likeness (QED) is 0.367. The summed E-state index contributed by atoms with van der Waals surface area (Å²) in [6.45, 7) is 2.96. The topological polar surface area (TPSA) is 109 Å². The Kier molecular flexibility index (Phi) is 5.54. The average Bonchev–Trinajstić information content (AvgIpc) is 2.71. The van der Waals surface area contributed by atoms with Crippen LogP contribution in [0.1, 0.15) is 37.5 Å². The molecule has 0 aliphatic rings. The smallest absolute Gasteiger partial charge is 0.345 e. The van der Waals surface area contributed by atoms with Gasteiger partial charge in [0.15, 0.2) is 0 Å². The minimum atomic E-state index is -0.871. The van der Waals surface area contributed by atoms with Gasteiger partial charge in [0.2, 0.25) is 0 Å². The van der Waals surface area contributed by atoms with Crippen molar-refractivity contribution >= 4 is 28.5 Å². The lowest BCUT2D eigenvalue weighted by Gasteiger charge is -2.13. The molecule has 2 aromatic carbocycles. The van der Waals surface area contributed by atoms with Crippen LogP contribution in [-0.2, 0) is 16.1 Å². The van der Waals surface area contributed by atoms with Crippen LogP contribution in [0.15, 0.2) is 42.5 Å². The second-order valence-electron chi connectivity index (χ2n) is 6.37. The van der Waals surface area contributed by atoms with Crippen LogP contribution in [0, 0.1) is 24.0 Å². The molecule has 0 saturated heterocycles. The lowest BCUT2D eigenvalue weighted by atomic mass is 10.0. The van der Waals surface area contributed by atoms with Crippen LogP contribution in [0.2, 0.25) is 0 Å². The zero-order valence-corrected chi connectivity index (χ0v) is 16.1. The van der Waals surface area contributed by atoms with E-state index >= 15 is 0 Å². The van der Waals surface area contributed by atoms with Crippen molar-refractivity contribution in [2.75, 3.05) is 7.11 Å². The second kappa shape index (κ2) is 8.05. The fourth-order valence-electron chi connectivity index (χ4n) is 3.20. The number of hydrogen-bond acceptors (Lipinski definition) is 7. The molecule has 0 spiro atoms. The predicted octanol–water partition coefficient (Wildman–Crippen LogP) is 3.90. The number of nitro groups is 1. The maximum Gasteiger partial charge on any atom is 0.345 e. The highest BCUT2D eigenvalue weighted by molar-refractivity contribution is 5.98. The molecule has 0 amide bonds. The van der Waals surface area contributed by atoms with E-state index in [4.69, 9.17) is 9.47 Å². The molecule has 0 aliphatic heterocycles. The fourth-order valence-corrected chi connectivity index (χ4v) is 3.20. The first-order valence-corrected chi connectivity index (χ1v) is 8.72. The standard InChI is InChI=1S/C21H18N2O6/c1-12-7-6-9-15(19(12)23(26)27)20(24)29-11-17-18(21(25)28-3)13(2)14-8-4-5-10-16(14)22-17/h4-10H,11H2,1-3H3. The zero-order chi connectivity index (χ0) is 21.1. The Morgan fingerprint density at radius 1 is 1.07 bits per heavy atom. The van der Waals surface area contributed by atoms with E-state index in [-0.39, 0.29) is 29.1 Å². The third kappa shape index (κ3) is 3.77. The Morgan fingerprint density at radius 2 is 1.79 bits per heavy atom. The van der Waals surface area contributed by atoms with Crippen molar-refractivity contribution in [2.24, 2.45) is 0 Å². The molecule has 29 heavy (non-hydrogen) atoms. The van der Waals surface area contributed by atoms with Crippen molar-refractivity contribution in [1.82, 2.24) is 4.98 Å². The van der Waals surface area contributed by atoms with Gasteiger partial charge in [0.25, 0.3) is 5.69 Å². The van der Waals surface area contributed by atoms with Gasteiger partial charge in [-0.1, -0.05) is 30.3 Å². The molecule has 0 saturated carbocycles. The Morgan fingerprint density at radius 3 is 2.48 bits per heavy atom. The van der Waals surface area contributed by atoms with E-state index < -0.39 is 16.9 Å². The van der Waals surface area contributed by atoms with Gasteiger partial charge in [0.1, 0.15) is 12.2 Å². The van der Waals surface area contributed by atoms with E-state index in [0.29, 0.717) is 16.6 Å². The Bertz CT molecular complexity index is 1140. The monoisotopic (exact) mass is 394 g/mol. The van der Waals surface area contributed by atoms with Gasteiger partial charge in [-0.3, -0.25) is 10.1 Å². The van der Waals surface area contributed by atoms with Crippen LogP contribution in [0.4, 0.5) is 5.69 Å². The number of benzene rings is 2. The molecule has 0 bridgehead atoms. The van der Waals surface area contributed by atoms with Crippen molar-refractivity contribution in [3.63, 3.8) is 0 Å². The molecule has 0 aliphatic carbocycles. The molecule has 0 radical (unpaired) electrons. The molecule has 0 unspecified atom stereocenters. The number of methoxy groups -OCH3 is 1. The van der Waals surface area contributed by atoms with Crippen LogP contribution in [-0.4, -0.2) is 29.0 Å². The molecule has 0 atom stereocenters. The summed E-state index contributed by atoms with van der Waals surface area (Å²) in [6.07, 6.45) is 0. The van der Waals surface area contributed by atoms with E-state index in [0.717, 1.165) is 5.39 Å². The summed E-state index contributed by atoms with van der Waals surface area (Å²) in [4.78, 5) is 40.0. The van der Waals surface area contributed by atoms with Gasteiger partial charge in [0.05, 0.1) is 28.8 Å². The summed E-state index contributed by atoms with van der Waals surface area (Å²) in [7, 11) is 1.25. The van der Waals surface area contributed by atoms with Crippen molar-refractivity contribution in [2.45, 2.75) is 20.5 Å². The zero-order valence-electron chi connectivity index (χ0n) is 16.1. The van der Waals surface area contributed by atoms with Crippen molar-refractivity contribution in [1.29, 1.82) is 0 Å². The van der Waals surface area contributed by atoms with Crippen molar-refractivity contribution < 1.29 is 24.0 Å². The number of esters is 2. The molecule has 8 nitrogen and oxygen atoms in total. The molecule has 3 aromatic rings. The van der Waals surface area contributed by atoms with Gasteiger partial charge in [0, 0.05) is 10.9 Å². The first-order chi connectivity index (χ1) is 13.8. The van der Waals surface area contributed by atoms with Crippen LogP contribution >= 0.6 is 0 Å². The number of carbonyl (C=O) groups is 2. The van der Waals surface area contributed by atoms with E-state index in [9.17, 15) is 19.7 Å². The summed E-state index contributed by atoms with van der Waals surface area (Å²) >= 11 is 0. The summed E-state index contributed by atoms with van der Waals surface area (Å²) in [5, 5.41) is 12.1. The highest BCUT2D eigenvalue weighted by Gasteiger charge is 2.25. The van der Waals surface area contributed by atoms with Gasteiger partial charge in [-0.2, -0.15) is 0 Å². The number of nitrogens with zero attached hydrogens (tertiary/aromatic N) is 2. The number of fused-ring (bicyclic) bond motifs is 1. The molecular weight excluding hydrogens is 376 g/mol. The van der Waals surface area contributed by atoms with E-state index in [2.05, 4.69) is 4.98 Å². The normalized spacial score (nSPS) is 10.6. The lowest BCUT2D eigenvalue weighted by Crippen LogP contribution is -2.15. The van der Waals surface area contributed by atoms with Gasteiger partial charge in [-0.05, 0) is 31.5 Å². The Balaban J connectivity index is 1.99. The molecule has 0 fully saturated rings. The largest absolute Gasteiger partial charge is 0.465 e. The number of para-hydroxylation sites is 2. The van der Waals surface area contributed by atoms with E-state index in [1.165, 1.54) is 19.2 Å². The fraction of sp³-hybridized carbons (Fsp3) is 0.190. The summed E-state index contributed by atoms with van der Waals surface area (Å²) in [6, 6.07) is 11.6. The number of carbonyl (C=O) groups excluding carboxylic acids is 2. The number of nitro benzene ring substituents is 1. The summed E-state index contributed by atoms with van der Waals surface area (Å²) in [5.74, 6) is -1.47. The maximum absolute atomic E-state index is 12.5. The molecule has 0 N–H and O–H groups in total. The third-order valence-corrected chi connectivity index (χ3v) is 4.60. The first kappa shape index (κ1) is 19.9. The van der Waals surface area contributed by atoms with Gasteiger partial charge in [-0.15, -0.1) is 0 Å². The van der Waals surface area contributed by atoms with Crippen molar-refractivity contribution in [3.8, 4) is 0 Å². The van der Waals surface area contributed by atoms with Crippen molar-refractivity contribution in [3.05, 3.63) is 80.5 Å². The Hall–Kier alpha value is -3.81. The third-order valence-electron chi connectivity index (χ3n) is 4.60. The number of aromatic nitrogens is 1. The number of rotatable bonds is 5. The molecule has 3 rings (SSSR count). The van der Waals surface area contributed by atoms with Crippen LogP contribution in [0.5, 0.6) is 0 Å². The summed E-state index contributed by atoms with van der Waals surface area (Å²) in [5.41, 5.74) is 1.58. The molecule has 8 heteroatoms. The second-order valence-corrected chi connectivity index (χ2v) is 6.37. The minimum absolute atomic E-state index is 0.160. The van der Waals surface area contributed by atoms with Crippen LogP contribution in [0.25, 0.3) is 10.9 Å². The first-order valence-electron chi connectivity index (χ1n) is 8.72. The number of aryl methyl sites for hydroxylation is 2. The Labute approximate surface area is 166 Å². The number of hydrogen-bond donors (Lipinski definition) is 0. The molecule has 1 aromatic heterocycles. The van der Waals surface area contributed by atoms with E-state index in [1.54, 1.807) is 32.0 Å². The maximum atomic E-state index is 12.5. The minimum Gasteiger partial charge on any atom is -0.465 e.